The fourth-order valence-electron chi connectivity index (χ4n) is 5.97. The Kier molecular flexibility index (Phi) is 14.7. The van der Waals surface area contributed by atoms with Crippen LogP contribution < -0.4 is 18.9 Å². The molecule has 9 heteroatoms. The molecule has 2 atom stereocenters. The maximum Gasteiger partial charge on any atom is 0.254 e. The SMILES string of the molecule is CCCCCN(C(=O)c1cc(OC)c(OC)cc1CCN(C)CC(O)CC(C#N)(c1ccc(OC)c(OC)c1)C(C)C)C(C)(C)C. The van der Waals surface area contributed by atoms with Crippen molar-refractivity contribution in [3.63, 3.8) is 0 Å². The average Bonchev–Trinajstić information content (AvgIpc) is 3.02. The van der Waals surface area contributed by atoms with Crippen LogP contribution in [0.3, 0.4) is 0 Å². The summed E-state index contributed by atoms with van der Waals surface area (Å²) in [5, 5.41) is 21.8. The second-order valence-electron chi connectivity index (χ2n) is 13.4. The van der Waals surface area contributed by atoms with Crippen LogP contribution in [0.15, 0.2) is 30.3 Å². The fraction of sp³-hybridized carbons (Fsp3) is 0.622. The Bertz CT molecular complexity index is 1320. The van der Waals surface area contributed by atoms with Gasteiger partial charge in [0, 0.05) is 30.7 Å². The van der Waals surface area contributed by atoms with Gasteiger partial charge in [0.1, 0.15) is 0 Å². The molecule has 9 nitrogen and oxygen atoms in total. The van der Waals surface area contributed by atoms with Crippen LogP contribution in [0.5, 0.6) is 23.0 Å². The summed E-state index contributed by atoms with van der Waals surface area (Å²) in [6.07, 6.45) is 3.10. The molecule has 2 unspecified atom stereocenters. The summed E-state index contributed by atoms with van der Waals surface area (Å²) in [7, 11) is 8.25. The minimum Gasteiger partial charge on any atom is -0.493 e. The highest BCUT2D eigenvalue weighted by Crippen LogP contribution is 2.40. The number of carbonyl (C=O) groups is 1. The van der Waals surface area contributed by atoms with Crippen molar-refractivity contribution in [3.8, 4) is 29.1 Å². The van der Waals surface area contributed by atoms with Crippen LogP contribution >= 0.6 is 0 Å². The third kappa shape index (κ3) is 9.52. The predicted molar refractivity (Wildman–Crippen MR) is 183 cm³/mol. The highest BCUT2D eigenvalue weighted by Gasteiger charge is 2.39. The lowest BCUT2D eigenvalue weighted by atomic mass is 9.69. The van der Waals surface area contributed by atoms with Crippen LogP contribution in [0.1, 0.15) is 88.7 Å². The van der Waals surface area contributed by atoms with Crippen molar-refractivity contribution in [1.29, 1.82) is 5.26 Å². The van der Waals surface area contributed by atoms with Gasteiger partial charge in [-0.3, -0.25) is 4.79 Å². The van der Waals surface area contributed by atoms with Crippen molar-refractivity contribution >= 4 is 5.91 Å². The van der Waals surface area contributed by atoms with E-state index in [1.807, 2.05) is 48.9 Å². The number of amides is 1. The van der Waals surface area contributed by atoms with Crippen molar-refractivity contribution in [1.82, 2.24) is 9.80 Å². The number of rotatable bonds is 18. The Morgan fingerprint density at radius 3 is 2.02 bits per heavy atom. The molecule has 0 fully saturated rings. The predicted octanol–water partition coefficient (Wildman–Crippen LogP) is 6.49. The molecular weight excluding hydrogens is 582 g/mol. The molecule has 0 radical (unpaired) electrons. The van der Waals surface area contributed by atoms with Crippen molar-refractivity contribution < 1.29 is 28.8 Å². The molecule has 2 aromatic rings. The number of aliphatic hydroxyl groups excluding tert-OH is 1. The Morgan fingerprint density at radius 2 is 1.50 bits per heavy atom. The lowest BCUT2D eigenvalue weighted by Crippen LogP contribution is -2.46. The number of hydrogen-bond donors (Lipinski definition) is 1. The molecule has 0 saturated heterocycles. The van der Waals surface area contributed by atoms with E-state index in [0.717, 1.165) is 30.4 Å². The lowest BCUT2D eigenvalue weighted by molar-refractivity contribution is 0.0575. The first kappa shape index (κ1) is 38.7. The smallest absolute Gasteiger partial charge is 0.254 e. The Hall–Kier alpha value is -3.48. The Balaban J connectivity index is 2.32. The van der Waals surface area contributed by atoms with Crippen LogP contribution in [0, 0.1) is 17.2 Å². The molecule has 2 aromatic carbocycles. The topological polar surface area (TPSA) is 104 Å². The van der Waals surface area contributed by atoms with Crippen LogP contribution in [0.4, 0.5) is 0 Å². The Morgan fingerprint density at radius 1 is 0.913 bits per heavy atom. The molecule has 0 aliphatic carbocycles. The molecule has 46 heavy (non-hydrogen) atoms. The number of nitriles is 1. The number of hydrogen-bond acceptors (Lipinski definition) is 8. The first-order valence-corrected chi connectivity index (χ1v) is 16.3. The summed E-state index contributed by atoms with van der Waals surface area (Å²) in [6, 6.07) is 11.7. The maximum absolute atomic E-state index is 14.1. The van der Waals surface area contributed by atoms with Gasteiger partial charge in [-0.2, -0.15) is 5.26 Å². The Labute approximate surface area is 277 Å². The highest BCUT2D eigenvalue weighted by molar-refractivity contribution is 5.97. The van der Waals surface area contributed by atoms with Gasteiger partial charge in [-0.05, 0) is 88.4 Å². The van der Waals surface area contributed by atoms with Gasteiger partial charge in [-0.15, -0.1) is 0 Å². The number of carbonyl (C=O) groups excluding carboxylic acids is 1. The van der Waals surface area contributed by atoms with Gasteiger partial charge in [0.2, 0.25) is 0 Å². The van der Waals surface area contributed by atoms with E-state index in [2.05, 4.69) is 33.8 Å². The van der Waals surface area contributed by atoms with E-state index in [1.165, 1.54) is 0 Å². The van der Waals surface area contributed by atoms with Gasteiger partial charge in [0.25, 0.3) is 5.91 Å². The number of aliphatic hydroxyl groups is 1. The largest absolute Gasteiger partial charge is 0.493 e. The fourth-order valence-corrected chi connectivity index (χ4v) is 5.97. The standard InChI is InChI=1S/C37H57N3O6/c1-12-13-14-18-40(36(4,5)6)35(42)30-22-34(46-11)32(44-9)20-27(30)17-19-39(7)24-29(41)23-37(25-38,26(2)3)28-15-16-31(43-8)33(21-28)45-10/h15-16,20-22,26,29,41H,12-14,17-19,23-24H2,1-11H3. The molecule has 256 valence electrons. The molecule has 2 rings (SSSR count). The van der Waals surface area contributed by atoms with E-state index < -0.39 is 11.5 Å². The molecular formula is C37H57N3O6. The van der Waals surface area contributed by atoms with E-state index >= 15 is 0 Å². The second-order valence-corrected chi connectivity index (χ2v) is 13.4. The molecule has 0 saturated carbocycles. The monoisotopic (exact) mass is 639 g/mol. The molecule has 0 aromatic heterocycles. The van der Waals surface area contributed by atoms with Crippen LogP contribution in [-0.2, 0) is 11.8 Å². The van der Waals surface area contributed by atoms with Crippen LogP contribution in [0.2, 0.25) is 0 Å². The highest BCUT2D eigenvalue weighted by atomic mass is 16.5. The van der Waals surface area contributed by atoms with Gasteiger partial charge in [0.15, 0.2) is 23.0 Å². The second kappa shape index (κ2) is 17.4. The van der Waals surface area contributed by atoms with E-state index in [4.69, 9.17) is 18.9 Å². The van der Waals surface area contributed by atoms with Gasteiger partial charge in [-0.25, -0.2) is 0 Å². The minimum absolute atomic E-state index is 0.0344. The number of unbranched alkanes of at least 4 members (excludes halogenated alkanes) is 2. The van der Waals surface area contributed by atoms with Crippen molar-refractivity contribution in [2.24, 2.45) is 5.92 Å². The molecule has 0 heterocycles. The third-order valence-electron chi connectivity index (χ3n) is 8.81. The van der Waals surface area contributed by atoms with Crippen molar-refractivity contribution in [2.45, 2.75) is 90.7 Å². The number of nitrogens with zero attached hydrogens (tertiary/aromatic N) is 3. The summed E-state index contributed by atoms with van der Waals surface area (Å²) in [4.78, 5) is 18.1. The summed E-state index contributed by atoms with van der Waals surface area (Å²) < 4.78 is 22.1. The summed E-state index contributed by atoms with van der Waals surface area (Å²) in [6.45, 7) is 13.9. The minimum atomic E-state index is -0.934. The van der Waals surface area contributed by atoms with Crippen LogP contribution in [0.25, 0.3) is 0 Å². The normalized spacial score (nSPS) is 13.6. The molecule has 1 amide bonds. The summed E-state index contributed by atoms with van der Waals surface area (Å²) >= 11 is 0. The van der Waals surface area contributed by atoms with Crippen molar-refractivity contribution in [2.75, 3.05) is 55.1 Å². The molecule has 0 spiro atoms. The number of likely N-dealkylation sites (N-methyl/N-ethyl adjacent to an activating group) is 1. The molecule has 1 N–H and O–H groups in total. The van der Waals surface area contributed by atoms with E-state index in [-0.39, 0.29) is 23.8 Å². The quantitative estimate of drug-likeness (QED) is 0.185. The summed E-state index contributed by atoms with van der Waals surface area (Å²) in [5.74, 6) is 2.10. The van der Waals surface area contributed by atoms with Crippen LogP contribution in [-0.4, -0.2) is 87.6 Å². The van der Waals surface area contributed by atoms with Gasteiger partial charge in [0.05, 0.1) is 46.0 Å². The third-order valence-corrected chi connectivity index (χ3v) is 8.81. The number of benzene rings is 2. The zero-order valence-corrected chi connectivity index (χ0v) is 30.0. The van der Waals surface area contributed by atoms with E-state index in [1.54, 1.807) is 40.6 Å². The van der Waals surface area contributed by atoms with E-state index in [9.17, 15) is 15.2 Å². The first-order valence-electron chi connectivity index (χ1n) is 16.3. The average molecular weight is 640 g/mol. The lowest BCUT2D eigenvalue weighted by Gasteiger charge is -2.36. The van der Waals surface area contributed by atoms with Crippen molar-refractivity contribution in [3.05, 3.63) is 47.0 Å². The van der Waals surface area contributed by atoms with Gasteiger partial charge >= 0.3 is 0 Å². The molecule has 0 aliphatic heterocycles. The maximum atomic E-state index is 14.1. The van der Waals surface area contributed by atoms with Gasteiger partial charge in [-0.1, -0.05) is 39.7 Å². The van der Waals surface area contributed by atoms with Gasteiger partial charge < -0.3 is 33.9 Å². The first-order chi connectivity index (χ1) is 21.7. The number of ether oxygens (including phenoxy) is 4. The number of methoxy groups -OCH3 is 4. The molecule has 0 aliphatic rings. The zero-order valence-electron chi connectivity index (χ0n) is 30.0. The summed E-state index contributed by atoms with van der Waals surface area (Å²) in [5.41, 5.74) is 0.938. The zero-order chi connectivity index (χ0) is 34.7. The molecule has 0 bridgehead atoms. The van der Waals surface area contributed by atoms with E-state index in [0.29, 0.717) is 54.6 Å².